The van der Waals surface area contributed by atoms with Crippen LogP contribution < -0.4 is 16.4 Å². The third-order valence-electron chi connectivity index (χ3n) is 4.43. The van der Waals surface area contributed by atoms with Gasteiger partial charge in [-0.2, -0.15) is 0 Å². The topological polar surface area (TPSA) is 220 Å². The summed E-state index contributed by atoms with van der Waals surface area (Å²) in [4.78, 5) is 60.1. The number of aliphatic hydroxyl groups is 2. The lowest BCUT2D eigenvalue weighted by Gasteiger charge is -2.28. The van der Waals surface area contributed by atoms with Crippen molar-refractivity contribution < 1.29 is 44.4 Å². The summed E-state index contributed by atoms with van der Waals surface area (Å²) in [5.41, 5.74) is 5.51. The van der Waals surface area contributed by atoms with Crippen LogP contribution in [0.5, 0.6) is 0 Å². The largest absolute Gasteiger partial charge is 0.481 e. The zero-order valence-electron chi connectivity index (χ0n) is 15.6. The molecule has 8 N–H and O–H groups in total. The SMILES string of the molecule is N[C@@H](CO)C(=O)N1CCC[C@H]1C(=O)N[C@@H](CCC(=O)O)C(=O)N[C@@H](CO)C(=O)O. The molecule has 1 rings (SSSR count). The van der Waals surface area contributed by atoms with Crippen molar-refractivity contribution >= 4 is 29.7 Å². The fourth-order valence-corrected chi connectivity index (χ4v) is 2.86. The lowest BCUT2D eigenvalue weighted by molar-refractivity contribution is -0.144. The molecule has 1 fully saturated rings. The van der Waals surface area contributed by atoms with Gasteiger partial charge in [-0.05, 0) is 19.3 Å². The van der Waals surface area contributed by atoms with Crippen LogP contribution in [0.2, 0.25) is 0 Å². The van der Waals surface area contributed by atoms with Crippen LogP contribution in [0, 0.1) is 0 Å². The molecule has 29 heavy (non-hydrogen) atoms. The molecule has 3 amide bonds. The standard InChI is InChI=1S/C16H26N4O9/c17-8(6-21)15(27)20-5-1-2-11(20)14(26)18-9(3-4-12(23)24)13(25)19-10(7-22)16(28)29/h8-11,21-22H,1-7,17H2,(H,18,26)(H,19,25)(H,23,24)(H,28,29)/t8-,9-,10-,11-/m0/s1. The van der Waals surface area contributed by atoms with Crippen LogP contribution >= 0.6 is 0 Å². The highest BCUT2D eigenvalue weighted by Gasteiger charge is 2.37. The first-order chi connectivity index (χ1) is 13.6. The molecule has 0 aromatic carbocycles. The number of carboxylic acid groups (broad SMARTS) is 2. The van der Waals surface area contributed by atoms with Crippen LogP contribution in [0.3, 0.4) is 0 Å². The maximum atomic E-state index is 12.6. The molecule has 1 saturated heterocycles. The number of nitrogens with one attached hydrogen (secondary N) is 2. The predicted octanol–water partition coefficient (Wildman–Crippen LogP) is -3.79. The molecule has 4 atom stereocenters. The van der Waals surface area contributed by atoms with Crippen LogP contribution in [0.1, 0.15) is 25.7 Å². The summed E-state index contributed by atoms with van der Waals surface area (Å²) in [7, 11) is 0. The summed E-state index contributed by atoms with van der Waals surface area (Å²) in [5, 5.41) is 40.2. The molecule has 0 aromatic rings. The molecule has 0 aliphatic carbocycles. The van der Waals surface area contributed by atoms with Gasteiger partial charge in [0.15, 0.2) is 0 Å². The molecule has 0 bridgehead atoms. The van der Waals surface area contributed by atoms with E-state index in [1.54, 1.807) is 0 Å². The van der Waals surface area contributed by atoms with E-state index in [1.807, 2.05) is 5.32 Å². The number of carboxylic acids is 2. The summed E-state index contributed by atoms with van der Waals surface area (Å²) in [6.45, 7) is -1.28. The summed E-state index contributed by atoms with van der Waals surface area (Å²) in [6, 6.07) is -5.18. The minimum Gasteiger partial charge on any atom is -0.481 e. The molecule has 1 aliphatic rings. The van der Waals surface area contributed by atoms with Gasteiger partial charge in [-0.25, -0.2) is 4.79 Å². The van der Waals surface area contributed by atoms with Gasteiger partial charge < -0.3 is 41.7 Å². The second-order valence-corrected chi connectivity index (χ2v) is 6.55. The number of amides is 3. The Hall–Kier alpha value is -2.77. The molecular formula is C16H26N4O9. The molecule has 0 saturated carbocycles. The second-order valence-electron chi connectivity index (χ2n) is 6.55. The Kier molecular flexibility index (Phi) is 9.44. The number of hydrogen-bond donors (Lipinski definition) is 7. The molecule has 13 nitrogen and oxygen atoms in total. The Morgan fingerprint density at radius 1 is 1.03 bits per heavy atom. The van der Waals surface area contributed by atoms with E-state index in [2.05, 4.69) is 5.32 Å². The fourth-order valence-electron chi connectivity index (χ4n) is 2.86. The first-order valence-electron chi connectivity index (χ1n) is 8.95. The molecule has 0 unspecified atom stereocenters. The number of hydrogen-bond acceptors (Lipinski definition) is 8. The van der Waals surface area contributed by atoms with Crippen molar-refractivity contribution in [1.82, 2.24) is 15.5 Å². The number of aliphatic carboxylic acids is 2. The van der Waals surface area contributed by atoms with Crippen LogP contribution in [0.4, 0.5) is 0 Å². The zero-order valence-corrected chi connectivity index (χ0v) is 15.6. The fraction of sp³-hybridized carbons (Fsp3) is 0.688. The highest BCUT2D eigenvalue weighted by molar-refractivity contribution is 5.94. The number of aliphatic hydroxyl groups excluding tert-OH is 2. The number of carbonyl (C=O) groups excluding carboxylic acids is 3. The van der Waals surface area contributed by atoms with Crippen molar-refractivity contribution in [2.45, 2.75) is 49.9 Å². The lowest BCUT2D eigenvalue weighted by Crippen LogP contribution is -2.57. The summed E-state index contributed by atoms with van der Waals surface area (Å²) in [6.07, 6.45) is -0.0592. The van der Waals surface area contributed by atoms with Gasteiger partial charge in [-0.15, -0.1) is 0 Å². The van der Waals surface area contributed by atoms with E-state index >= 15 is 0 Å². The van der Waals surface area contributed by atoms with Gasteiger partial charge in [-0.1, -0.05) is 0 Å². The summed E-state index contributed by atoms with van der Waals surface area (Å²) >= 11 is 0. The van der Waals surface area contributed by atoms with E-state index in [0.29, 0.717) is 6.42 Å². The van der Waals surface area contributed by atoms with Crippen molar-refractivity contribution in [3.63, 3.8) is 0 Å². The minimum atomic E-state index is -1.63. The van der Waals surface area contributed by atoms with Gasteiger partial charge in [0.2, 0.25) is 17.7 Å². The molecule has 1 aliphatic heterocycles. The summed E-state index contributed by atoms with van der Waals surface area (Å²) < 4.78 is 0. The number of nitrogens with zero attached hydrogens (tertiary/aromatic N) is 1. The van der Waals surface area contributed by atoms with Crippen LogP contribution in [0.15, 0.2) is 0 Å². The third-order valence-corrected chi connectivity index (χ3v) is 4.43. The van der Waals surface area contributed by atoms with Crippen molar-refractivity contribution in [1.29, 1.82) is 0 Å². The van der Waals surface area contributed by atoms with Crippen molar-refractivity contribution in [2.75, 3.05) is 19.8 Å². The van der Waals surface area contributed by atoms with Gasteiger partial charge in [0.25, 0.3) is 0 Å². The third kappa shape index (κ3) is 6.96. The number of likely N-dealkylation sites (tertiary alicyclic amines) is 1. The van der Waals surface area contributed by atoms with Gasteiger partial charge in [-0.3, -0.25) is 19.2 Å². The monoisotopic (exact) mass is 418 g/mol. The smallest absolute Gasteiger partial charge is 0.328 e. The Morgan fingerprint density at radius 2 is 1.69 bits per heavy atom. The van der Waals surface area contributed by atoms with Crippen LogP contribution in [-0.2, 0) is 24.0 Å². The molecule has 164 valence electrons. The number of carbonyl (C=O) groups is 5. The Labute approximate surface area is 165 Å². The van der Waals surface area contributed by atoms with Crippen LogP contribution in [0.25, 0.3) is 0 Å². The molecule has 0 spiro atoms. The van der Waals surface area contributed by atoms with Gasteiger partial charge >= 0.3 is 11.9 Å². The summed E-state index contributed by atoms with van der Waals surface area (Å²) in [5.74, 6) is -5.09. The van der Waals surface area contributed by atoms with E-state index in [4.69, 9.17) is 26.2 Å². The molecule has 0 aromatic heterocycles. The Bertz CT molecular complexity index is 642. The highest BCUT2D eigenvalue weighted by Crippen LogP contribution is 2.18. The van der Waals surface area contributed by atoms with E-state index in [0.717, 1.165) is 0 Å². The van der Waals surface area contributed by atoms with Crippen molar-refractivity contribution in [3.8, 4) is 0 Å². The zero-order chi connectivity index (χ0) is 22.1. The molecule has 0 radical (unpaired) electrons. The maximum Gasteiger partial charge on any atom is 0.328 e. The number of rotatable bonds is 11. The van der Waals surface area contributed by atoms with E-state index in [1.165, 1.54) is 4.90 Å². The second kappa shape index (κ2) is 11.3. The lowest BCUT2D eigenvalue weighted by atomic mass is 10.1. The van der Waals surface area contributed by atoms with Gasteiger partial charge in [0.05, 0.1) is 13.2 Å². The maximum absolute atomic E-state index is 12.6. The van der Waals surface area contributed by atoms with Crippen LogP contribution in [-0.4, -0.2) is 98.9 Å². The Morgan fingerprint density at radius 3 is 2.21 bits per heavy atom. The quantitative estimate of drug-likeness (QED) is 0.173. The number of nitrogens with two attached hydrogens (primary N) is 1. The first-order valence-corrected chi connectivity index (χ1v) is 8.95. The average molecular weight is 418 g/mol. The van der Waals surface area contributed by atoms with E-state index in [9.17, 15) is 24.0 Å². The van der Waals surface area contributed by atoms with Crippen molar-refractivity contribution in [3.05, 3.63) is 0 Å². The Balaban J connectivity index is 2.89. The van der Waals surface area contributed by atoms with Crippen molar-refractivity contribution in [2.24, 2.45) is 5.73 Å². The minimum absolute atomic E-state index is 0.224. The van der Waals surface area contributed by atoms with E-state index in [-0.39, 0.29) is 19.4 Å². The molecule has 1 heterocycles. The normalized spacial score (nSPS) is 19.1. The average Bonchev–Trinajstić information content (AvgIpc) is 3.17. The van der Waals surface area contributed by atoms with Gasteiger partial charge in [0.1, 0.15) is 24.2 Å². The predicted molar refractivity (Wildman–Crippen MR) is 95.2 cm³/mol. The molecule has 13 heteroatoms. The van der Waals surface area contributed by atoms with E-state index < -0.39 is 73.5 Å². The highest BCUT2D eigenvalue weighted by atomic mass is 16.4. The van der Waals surface area contributed by atoms with Gasteiger partial charge in [0, 0.05) is 13.0 Å². The molecular weight excluding hydrogens is 392 g/mol. The first kappa shape index (κ1) is 24.3.